The van der Waals surface area contributed by atoms with Crippen LogP contribution in [-0.2, 0) is 16.0 Å². The Labute approximate surface area is 163 Å². The van der Waals surface area contributed by atoms with Crippen molar-refractivity contribution in [2.75, 3.05) is 13.7 Å². The summed E-state index contributed by atoms with van der Waals surface area (Å²) in [5.41, 5.74) is 2.61. The van der Waals surface area contributed by atoms with Gasteiger partial charge < -0.3 is 13.9 Å². The molecule has 2 aromatic carbocycles. The molecule has 0 bridgehead atoms. The molecule has 0 N–H and O–H groups in total. The molecule has 0 spiro atoms. The predicted octanol–water partition coefficient (Wildman–Crippen LogP) is 4.39. The maximum absolute atomic E-state index is 12.9. The number of esters is 1. The molecule has 5 heteroatoms. The van der Waals surface area contributed by atoms with E-state index in [1.165, 1.54) is 6.92 Å². The smallest absolute Gasteiger partial charge is 0.302 e. The summed E-state index contributed by atoms with van der Waals surface area (Å²) in [6.07, 6.45) is 4.07. The van der Waals surface area contributed by atoms with Gasteiger partial charge in [0.2, 0.25) is 0 Å². The van der Waals surface area contributed by atoms with Gasteiger partial charge in [-0.1, -0.05) is 36.4 Å². The highest BCUT2D eigenvalue weighted by Gasteiger charge is 2.16. The van der Waals surface area contributed by atoms with Crippen molar-refractivity contribution in [3.8, 4) is 5.75 Å². The average molecular weight is 378 g/mol. The Morgan fingerprint density at radius 3 is 2.54 bits per heavy atom. The van der Waals surface area contributed by atoms with Crippen LogP contribution >= 0.6 is 0 Å². The van der Waals surface area contributed by atoms with Crippen LogP contribution in [-0.4, -0.2) is 19.7 Å². The Hall–Kier alpha value is -3.34. The third kappa shape index (κ3) is 4.14. The van der Waals surface area contributed by atoms with Crippen LogP contribution in [0.5, 0.6) is 5.75 Å². The molecule has 3 aromatic rings. The molecule has 0 saturated carbocycles. The third-order valence-electron chi connectivity index (χ3n) is 4.49. The van der Waals surface area contributed by atoms with Crippen LogP contribution in [0.3, 0.4) is 0 Å². The van der Waals surface area contributed by atoms with Gasteiger partial charge in [0.15, 0.2) is 5.43 Å². The van der Waals surface area contributed by atoms with Gasteiger partial charge in [-0.25, -0.2) is 0 Å². The minimum Gasteiger partial charge on any atom is -0.496 e. The number of carbonyl (C=O) groups is 1. The molecule has 1 aromatic heterocycles. The lowest BCUT2D eigenvalue weighted by Crippen LogP contribution is -2.10. The van der Waals surface area contributed by atoms with Gasteiger partial charge >= 0.3 is 5.97 Å². The zero-order chi connectivity index (χ0) is 20.1. The number of ether oxygens (including phenoxy) is 2. The van der Waals surface area contributed by atoms with Crippen LogP contribution in [0.1, 0.15) is 29.4 Å². The zero-order valence-corrected chi connectivity index (χ0v) is 16.2. The summed E-state index contributed by atoms with van der Waals surface area (Å²) in [7, 11) is 1.55. The topological polar surface area (TPSA) is 65.7 Å². The van der Waals surface area contributed by atoms with Crippen molar-refractivity contribution in [1.29, 1.82) is 0 Å². The minimum atomic E-state index is -0.358. The molecule has 0 saturated heterocycles. The van der Waals surface area contributed by atoms with Gasteiger partial charge in [0.25, 0.3) is 0 Å². The molecular weight excluding hydrogens is 356 g/mol. The normalized spacial score (nSPS) is 11.1. The second-order valence-corrected chi connectivity index (χ2v) is 6.38. The van der Waals surface area contributed by atoms with E-state index in [1.807, 2.05) is 36.4 Å². The Morgan fingerprint density at radius 2 is 1.86 bits per heavy atom. The van der Waals surface area contributed by atoms with E-state index in [9.17, 15) is 9.59 Å². The fourth-order valence-electron chi connectivity index (χ4n) is 3.03. The summed E-state index contributed by atoms with van der Waals surface area (Å²) in [4.78, 5) is 24.0. The van der Waals surface area contributed by atoms with Crippen LogP contribution in [0.4, 0.5) is 0 Å². The highest BCUT2D eigenvalue weighted by Crippen LogP contribution is 2.29. The lowest BCUT2D eigenvalue weighted by molar-refractivity contribution is -0.140. The summed E-state index contributed by atoms with van der Waals surface area (Å²) in [5.74, 6) is 0.718. The summed E-state index contributed by atoms with van der Waals surface area (Å²) in [6, 6.07) is 13.2. The van der Waals surface area contributed by atoms with E-state index in [0.717, 1.165) is 5.56 Å². The summed E-state index contributed by atoms with van der Waals surface area (Å²) in [5, 5.41) is 0.480. The highest BCUT2D eigenvalue weighted by molar-refractivity contribution is 5.84. The van der Waals surface area contributed by atoms with E-state index in [2.05, 4.69) is 0 Å². The number of rotatable bonds is 6. The van der Waals surface area contributed by atoms with Crippen LogP contribution < -0.4 is 10.2 Å². The summed E-state index contributed by atoms with van der Waals surface area (Å²) < 4.78 is 16.6. The van der Waals surface area contributed by atoms with Gasteiger partial charge in [-0.2, -0.15) is 0 Å². The van der Waals surface area contributed by atoms with Crippen LogP contribution in [0.2, 0.25) is 0 Å². The van der Waals surface area contributed by atoms with E-state index < -0.39 is 0 Å². The van der Waals surface area contributed by atoms with E-state index in [0.29, 0.717) is 40.0 Å². The SMILES string of the molecule is COc1ccc2c(=O)c(C)c(C=Cc3ccccc3)oc2c1CCOC(C)=O. The molecule has 0 fully saturated rings. The number of carbonyl (C=O) groups excluding carboxylic acids is 1. The molecule has 0 amide bonds. The Kier molecular flexibility index (Phi) is 5.94. The molecule has 28 heavy (non-hydrogen) atoms. The lowest BCUT2D eigenvalue weighted by atomic mass is 10.0. The number of methoxy groups -OCH3 is 1. The molecule has 0 radical (unpaired) electrons. The molecule has 144 valence electrons. The van der Waals surface area contributed by atoms with E-state index in [1.54, 1.807) is 32.2 Å². The number of benzene rings is 2. The second kappa shape index (κ2) is 8.57. The highest BCUT2D eigenvalue weighted by atomic mass is 16.5. The molecular formula is C23H22O5. The van der Waals surface area contributed by atoms with E-state index in [4.69, 9.17) is 13.9 Å². The van der Waals surface area contributed by atoms with Crippen LogP contribution in [0.15, 0.2) is 51.7 Å². The van der Waals surface area contributed by atoms with Crippen LogP contribution in [0.25, 0.3) is 23.1 Å². The van der Waals surface area contributed by atoms with Gasteiger partial charge in [0.1, 0.15) is 17.1 Å². The first kappa shape index (κ1) is 19.4. The number of hydrogen-bond acceptors (Lipinski definition) is 5. The number of hydrogen-bond donors (Lipinski definition) is 0. The Bertz CT molecular complexity index is 1080. The largest absolute Gasteiger partial charge is 0.496 e. The second-order valence-electron chi connectivity index (χ2n) is 6.38. The van der Waals surface area contributed by atoms with Gasteiger partial charge in [0.05, 0.1) is 19.1 Å². The van der Waals surface area contributed by atoms with Crippen molar-refractivity contribution in [2.24, 2.45) is 0 Å². The van der Waals surface area contributed by atoms with Crippen molar-refractivity contribution in [3.63, 3.8) is 0 Å². The molecule has 1 heterocycles. The lowest BCUT2D eigenvalue weighted by Gasteiger charge is -2.12. The third-order valence-corrected chi connectivity index (χ3v) is 4.49. The van der Waals surface area contributed by atoms with Gasteiger partial charge in [-0.15, -0.1) is 0 Å². The molecule has 0 unspecified atom stereocenters. The fraction of sp³-hybridized carbons (Fsp3) is 0.217. The Morgan fingerprint density at radius 1 is 1.11 bits per heavy atom. The first-order chi connectivity index (χ1) is 13.5. The maximum atomic E-state index is 12.9. The molecule has 0 atom stereocenters. The first-order valence-corrected chi connectivity index (χ1v) is 9.01. The number of fused-ring (bicyclic) bond motifs is 1. The van der Waals surface area contributed by atoms with E-state index >= 15 is 0 Å². The fourth-order valence-corrected chi connectivity index (χ4v) is 3.03. The van der Waals surface area contributed by atoms with Gasteiger partial charge in [-0.3, -0.25) is 9.59 Å². The summed E-state index contributed by atoms with van der Waals surface area (Å²) in [6.45, 7) is 3.28. The van der Waals surface area contributed by atoms with Crippen molar-refractivity contribution in [2.45, 2.75) is 20.3 Å². The van der Waals surface area contributed by atoms with Crippen LogP contribution in [0, 0.1) is 6.92 Å². The zero-order valence-electron chi connectivity index (χ0n) is 16.2. The molecule has 0 aliphatic rings. The Balaban J connectivity index is 2.10. The van der Waals surface area contributed by atoms with Crippen molar-refractivity contribution in [1.82, 2.24) is 0 Å². The van der Waals surface area contributed by atoms with Gasteiger partial charge in [-0.05, 0) is 30.7 Å². The van der Waals surface area contributed by atoms with Gasteiger partial charge in [0, 0.05) is 24.5 Å². The predicted molar refractivity (Wildman–Crippen MR) is 109 cm³/mol. The molecule has 0 aliphatic heterocycles. The standard InChI is InChI=1S/C23H22O5/c1-15-20(11-9-17-7-5-4-6-8-17)28-23-18(13-14-27-16(2)24)21(26-3)12-10-19(23)22(15)25/h4-12H,13-14H2,1-3H3. The maximum Gasteiger partial charge on any atom is 0.302 e. The molecule has 3 rings (SSSR count). The van der Waals surface area contributed by atoms with Crippen molar-refractivity contribution >= 4 is 29.1 Å². The van der Waals surface area contributed by atoms with Crippen molar-refractivity contribution < 1.29 is 18.7 Å². The summed E-state index contributed by atoms with van der Waals surface area (Å²) >= 11 is 0. The molecule has 5 nitrogen and oxygen atoms in total. The van der Waals surface area contributed by atoms with Crippen molar-refractivity contribution in [3.05, 3.63) is 75.1 Å². The average Bonchev–Trinajstić information content (AvgIpc) is 2.70. The quantitative estimate of drug-likeness (QED) is 0.595. The monoisotopic (exact) mass is 378 g/mol. The van der Waals surface area contributed by atoms with E-state index in [-0.39, 0.29) is 18.0 Å². The first-order valence-electron chi connectivity index (χ1n) is 9.01. The molecule has 0 aliphatic carbocycles. The minimum absolute atomic E-state index is 0.0923.